The van der Waals surface area contributed by atoms with E-state index in [1.807, 2.05) is 6.92 Å². The molecular formula is C9H17N2O3S+. The van der Waals surface area contributed by atoms with Crippen molar-refractivity contribution in [3.8, 4) is 0 Å². The predicted molar refractivity (Wildman–Crippen MR) is 57.8 cm³/mol. The van der Waals surface area contributed by atoms with Gasteiger partial charge < -0.3 is 11.5 Å². The molecule has 0 atom stereocenters. The largest absolute Gasteiger partial charge is 0.357 e. The van der Waals surface area contributed by atoms with Gasteiger partial charge in [-0.3, -0.25) is 4.55 Å². The number of rotatable bonds is 2. The van der Waals surface area contributed by atoms with Gasteiger partial charge in [-0.1, -0.05) is 17.7 Å². The molecule has 0 aromatic heterocycles. The molecule has 0 saturated heterocycles. The molecule has 1 aromatic carbocycles. The second-order valence-corrected chi connectivity index (χ2v) is 4.35. The van der Waals surface area contributed by atoms with E-state index in [4.69, 9.17) is 10.3 Å². The Morgan fingerprint density at radius 3 is 2.00 bits per heavy atom. The zero-order valence-electron chi connectivity index (χ0n) is 8.68. The lowest BCUT2D eigenvalue weighted by Crippen LogP contribution is -2.53. The molecule has 0 bridgehead atoms. The molecule has 0 aliphatic heterocycles. The Balaban J connectivity index is 0.000000423. The summed E-state index contributed by atoms with van der Waals surface area (Å²) in [5, 5.41) is 0. The van der Waals surface area contributed by atoms with E-state index in [2.05, 4.69) is 5.73 Å². The van der Waals surface area contributed by atoms with Gasteiger partial charge in [-0.05, 0) is 19.1 Å². The zero-order valence-corrected chi connectivity index (χ0v) is 9.50. The monoisotopic (exact) mass is 233 g/mol. The Morgan fingerprint density at radius 2 is 1.73 bits per heavy atom. The third-order valence-electron chi connectivity index (χ3n) is 1.52. The van der Waals surface area contributed by atoms with E-state index in [-0.39, 0.29) is 4.90 Å². The Bertz CT molecular complexity index is 371. The summed E-state index contributed by atoms with van der Waals surface area (Å²) in [4.78, 5) is -0.0666. The van der Waals surface area contributed by atoms with Crippen LogP contribution < -0.4 is 11.5 Å². The average Bonchev–Trinajstić information content (AvgIpc) is 2.17. The smallest absolute Gasteiger partial charge is 0.294 e. The summed E-state index contributed by atoms with van der Waals surface area (Å²) in [7, 11) is -4.02. The molecule has 0 heterocycles. The van der Waals surface area contributed by atoms with Gasteiger partial charge in [0, 0.05) is 6.54 Å². The highest BCUT2D eigenvalue weighted by Crippen LogP contribution is 2.08. The van der Waals surface area contributed by atoms with Crippen LogP contribution in [0.2, 0.25) is 0 Å². The lowest BCUT2D eigenvalue weighted by atomic mass is 10.2. The van der Waals surface area contributed by atoms with Crippen LogP contribution in [0.3, 0.4) is 0 Å². The van der Waals surface area contributed by atoms with E-state index in [9.17, 15) is 8.42 Å². The molecule has 1 aromatic rings. The molecule has 5 nitrogen and oxygen atoms in total. The molecule has 86 valence electrons. The molecule has 15 heavy (non-hydrogen) atoms. The van der Waals surface area contributed by atoms with Crippen molar-refractivity contribution in [2.45, 2.75) is 11.8 Å². The van der Waals surface area contributed by atoms with Gasteiger partial charge in [0.2, 0.25) is 0 Å². The molecule has 0 spiro atoms. The van der Waals surface area contributed by atoms with Crippen molar-refractivity contribution in [2.75, 3.05) is 13.1 Å². The molecule has 0 unspecified atom stereocenters. The Hall–Kier alpha value is -0.950. The van der Waals surface area contributed by atoms with Gasteiger partial charge in [0.25, 0.3) is 10.1 Å². The first-order valence-electron chi connectivity index (χ1n) is 4.45. The van der Waals surface area contributed by atoms with Gasteiger partial charge in [-0.25, -0.2) is 0 Å². The predicted octanol–water partition coefficient (Wildman–Crippen LogP) is -0.571. The van der Waals surface area contributed by atoms with E-state index >= 15 is 0 Å². The molecule has 0 aliphatic carbocycles. The van der Waals surface area contributed by atoms with E-state index in [0.717, 1.165) is 12.1 Å². The van der Waals surface area contributed by atoms with Crippen molar-refractivity contribution in [3.05, 3.63) is 29.8 Å². The molecule has 0 saturated carbocycles. The highest BCUT2D eigenvalue weighted by Gasteiger charge is 2.06. The summed E-state index contributed by atoms with van der Waals surface area (Å²) in [5.74, 6) is 0. The molecule has 6 heteroatoms. The van der Waals surface area contributed by atoms with E-state index in [1.54, 1.807) is 12.1 Å². The summed E-state index contributed by atoms with van der Waals surface area (Å²) in [6.45, 7) is 3.40. The van der Waals surface area contributed by atoms with Crippen LogP contribution in [0, 0.1) is 6.92 Å². The van der Waals surface area contributed by atoms with E-state index < -0.39 is 10.1 Å². The number of aryl methyl sites for hydroxylation is 1. The van der Waals surface area contributed by atoms with Crippen LogP contribution in [0.1, 0.15) is 5.56 Å². The van der Waals surface area contributed by atoms with Crippen LogP contribution in [0.5, 0.6) is 0 Å². The normalized spacial score (nSPS) is 10.4. The van der Waals surface area contributed by atoms with Crippen molar-refractivity contribution in [3.63, 3.8) is 0 Å². The summed E-state index contributed by atoms with van der Waals surface area (Å²) >= 11 is 0. The van der Waals surface area contributed by atoms with Crippen LogP contribution >= 0.6 is 0 Å². The van der Waals surface area contributed by atoms with Crippen LogP contribution in [-0.4, -0.2) is 26.1 Å². The second-order valence-electron chi connectivity index (χ2n) is 2.93. The molecular weight excluding hydrogens is 216 g/mol. The van der Waals surface area contributed by atoms with Gasteiger partial charge in [0.15, 0.2) is 0 Å². The minimum absolute atomic E-state index is 0.0666. The topological polar surface area (TPSA) is 108 Å². The summed E-state index contributed by atoms with van der Waals surface area (Å²) < 4.78 is 29.6. The zero-order chi connectivity index (χ0) is 11.9. The van der Waals surface area contributed by atoms with Gasteiger partial charge in [0.1, 0.15) is 0 Å². The van der Waals surface area contributed by atoms with Crippen molar-refractivity contribution in [1.29, 1.82) is 0 Å². The van der Waals surface area contributed by atoms with Gasteiger partial charge in [-0.15, -0.1) is 0 Å². The standard InChI is InChI=1S/C7H8O3S.C2H8N2/c1-6-2-4-7(5-3-6)11(8,9)10;3-1-2-4/h2-5H,1H3,(H,8,9,10);1-4H2/p+1. The minimum atomic E-state index is -4.02. The Kier molecular flexibility index (Phi) is 6.11. The second kappa shape index (κ2) is 6.52. The SMILES string of the molecule is Cc1ccc(S(=O)(=O)O)cc1.NCC[NH3+]. The lowest BCUT2D eigenvalue weighted by molar-refractivity contribution is -0.363. The van der Waals surface area contributed by atoms with Crippen molar-refractivity contribution in [1.82, 2.24) is 0 Å². The lowest BCUT2D eigenvalue weighted by Gasteiger charge is -1.95. The quantitative estimate of drug-likeness (QED) is 0.594. The molecule has 0 fully saturated rings. The number of quaternary nitrogens is 1. The molecule has 0 aliphatic rings. The van der Waals surface area contributed by atoms with Crippen LogP contribution in [0.15, 0.2) is 29.2 Å². The van der Waals surface area contributed by atoms with Gasteiger partial charge >= 0.3 is 0 Å². The fourth-order valence-electron chi connectivity index (χ4n) is 0.710. The van der Waals surface area contributed by atoms with Gasteiger partial charge in [-0.2, -0.15) is 8.42 Å². The maximum atomic E-state index is 10.5. The number of hydrogen-bond acceptors (Lipinski definition) is 3. The fourth-order valence-corrected chi connectivity index (χ4v) is 1.19. The fraction of sp³-hybridized carbons (Fsp3) is 0.333. The van der Waals surface area contributed by atoms with Crippen molar-refractivity contribution < 1.29 is 18.7 Å². The van der Waals surface area contributed by atoms with E-state index in [0.29, 0.717) is 6.54 Å². The van der Waals surface area contributed by atoms with E-state index in [1.165, 1.54) is 12.1 Å². The Morgan fingerprint density at radius 1 is 1.33 bits per heavy atom. The highest BCUT2D eigenvalue weighted by molar-refractivity contribution is 7.85. The summed E-state index contributed by atoms with van der Waals surface area (Å²) in [5.41, 5.74) is 9.40. The van der Waals surface area contributed by atoms with Crippen molar-refractivity contribution >= 4 is 10.1 Å². The first-order chi connectivity index (χ1) is 6.91. The Labute approximate surface area is 89.8 Å². The van der Waals surface area contributed by atoms with Gasteiger partial charge in [0.05, 0.1) is 11.4 Å². The van der Waals surface area contributed by atoms with Crippen LogP contribution in [-0.2, 0) is 10.1 Å². The van der Waals surface area contributed by atoms with Crippen molar-refractivity contribution in [2.24, 2.45) is 5.73 Å². The maximum Gasteiger partial charge on any atom is 0.294 e. The maximum absolute atomic E-state index is 10.5. The first-order valence-corrected chi connectivity index (χ1v) is 5.89. The number of benzene rings is 1. The molecule has 6 N–H and O–H groups in total. The first kappa shape index (κ1) is 14.1. The number of hydrogen-bond donors (Lipinski definition) is 3. The summed E-state index contributed by atoms with van der Waals surface area (Å²) in [6.07, 6.45) is 0. The highest BCUT2D eigenvalue weighted by atomic mass is 32.2. The third kappa shape index (κ3) is 6.19. The summed E-state index contributed by atoms with van der Waals surface area (Å²) in [6, 6.07) is 5.99. The molecule has 1 rings (SSSR count). The van der Waals surface area contributed by atoms with Crippen LogP contribution in [0.25, 0.3) is 0 Å². The van der Waals surface area contributed by atoms with Crippen LogP contribution in [0.4, 0.5) is 0 Å². The number of nitrogens with two attached hydrogens (primary N) is 1. The molecule has 0 amide bonds. The average molecular weight is 233 g/mol. The minimum Gasteiger partial charge on any atom is -0.357 e. The third-order valence-corrected chi connectivity index (χ3v) is 2.39. The molecule has 0 radical (unpaired) electrons.